The highest BCUT2D eigenvalue weighted by Gasteiger charge is 2.44. The first kappa shape index (κ1) is 18.1. The fourth-order valence-corrected chi connectivity index (χ4v) is 3.99. The highest BCUT2D eigenvalue weighted by molar-refractivity contribution is 6.10. The number of benzene rings is 2. The molecule has 1 aliphatic heterocycles. The number of carbonyl (C=O) groups excluding carboxylic acids is 1. The largest absolute Gasteiger partial charge is 0.497 e. The molecule has 0 fully saturated rings. The number of ether oxygens (including phenoxy) is 1. The molecule has 0 bridgehead atoms. The van der Waals surface area contributed by atoms with Crippen molar-refractivity contribution in [3.63, 3.8) is 0 Å². The molecule has 0 saturated heterocycles. The van der Waals surface area contributed by atoms with Crippen molar-refractivity contribution in [1.82, 2.24) is 4.98 Å². The minimum absolute atomic E-state index is 0.0524. The Morgan fingerprint density at radius 1 is 1.03 bits per heavy atom. The molecule has 2 aromatic carbocycles. The lowest BCUT2D eigenvalue weighted by atomic mass is 9.98. The molecule has 0 N–H and O–H groups in total. The van der Waals surface area contributed by atoms with E-state index in [2.05, 4.69) is 4.98 Å². The number of pyridine rings is 1. The van der Waals surface area contributed by atoms with Crippen LogP contribution in [0.2, 0.25) is 0 Å². The van der Waals surface area contributed by atoms with Crippen LogP contribution in [0.5, 0.6) is 5.75 Å². The molecule has 2 aromatic heterocycles. The summed E-state index contributed by atoms with van der Waals surface area (Å²) in [5.74, 6) is 0.792. The molecule has 6 heteroatoms. The second-order valence-electron chi connectivity index (χ2n) is 7.17. The average Bonchev–Trinajstić information content (AvgIpc) is 3.07. The van der Waals surface area contributed by atoms with Gasteiger partial charge in [-0.15, -0.1) is 0 Å². The van der Waals surface area contributed by atoms with Crippen LogP contribution in [0, 0.1) is 6.92 Å². The zero-order valence-corrected chi connectivity index (χ0v) is 16.5. The molecule has 3 heterocycles. The fraction of sp³-hybridized carbons (Fsp3) is 0.125. The van der Waals surface area contributed by atoms with Crippen LogP contribution in [0.25, 0.3) is 11.0 Å². The predicted octanol–water partition coefficient (Wildman–Crippen LogP) is 4.25. The molecule has 0 aliphatic carbocycles. The number of amides is 1. The van der Waals surface area contributed by atoms with Gasteiger partial charge in [0.05, 0.1) is 24.1 Å². The van der Waals surface area contributed by atoms with E-state index in [0.717, 1.165) is 11.1 Å². The van der Waals surface area contributed by atoms with E-state index in [9.17, 15) is 9.59 Å². The summed E-state index contributed by atoms with van der Waals surface area (Å²) in [7, 11) is 1.58. The topological polar surface area (TPSA) is 72.6 Å². The molecule has 1 atom stereocenters. The van der Waals surface area contributed by atoms with Crippen LogP contribution in [-0.4, -0.2) is 18.0 Å². The number of methoxy groups -OCH3 is 1. The number of hydrogen-bond acceptors (Lipinski definition) is 5. The second kappa shape index (κ2) is 6.84. The molecule has 4 aromatic rings. The van der Waals surface area contributed by atoms with Crippen molar-refractivity contribution in [2.24, 2.45) is 0 Å². The molecule has 0 spiro atoms. The van der Waals surface area contributed by atoms with Crippen LogP contribution in [0.4, 0.5) is 5.82 Å². The Morgan fingerprint density at radius 2 is 1.87 bits per heavy atom. The first-order valence-electron chi connectivity index (χ1n) is 9.55. The van der Waals surface area contributed by atoms with E-state index >= 15 is 0 Å². The Labute approximate surface area is 172 Å². The summed E-state index contributed by atoms with van der Waals surface area (Å²) in [6.45, 7) is 1.88. The van der Waals surface area contributed by atoms with Crippen LogP contribution < -0.4 is 15.1 Å². The fourth-order valence-electron chi connectivity index (χ4n) is 3.99. The van der Waals surface area contributed by atoms with E-state index < -0.39 is 6.04 Å². The highest BCUT2D eigenvalue weighted by Crippen LogP contribution is 2.41. The minimum Gasteiger partial charge on any atom is -0.497 e. The maximum Gasteiger partial charge on any atom is 0.296 e. The monoisotopic (exact) mass is 398 g/mol. The Bertz CT molecular complexity index is 1360. The molecule has 5 rings (SSSR count). The third-order valence-electron chi connectivity index (χ3n) is 5.40. The average molecular weight is 398 g/mol. The maximum absolute atomic E-state index is 13.5. The first-order valence-corrected chi connectivity index (χ1v) is 9.55. The van der Waals surface area contributed by atoms with Gasteiger partial charge in [-0.1, -0.05) is 30.3 Å². The van der Waals surface area contributed by atoms with Gasteiger partial charge in [0.2, 0.25) is 5.76 Å². The van der Waals surface area contributed by atoms with Gasteiger partial charge < -0.3 is 9.15 Å². The number of carbonyl (C=O) groups is 1. The quantitative estimate of drug-likeness (QED) is 0.516. The molecule has 1 aliphatic rings. The summed E-state index contributed by atoms with van der Waals surface area (Å²) < 4.78 is 11.3. The van der Waals surface area contributed by atoms with Gasteiger partial charge in [-0.2, -0.15) is 0 Å². The number of aromatic nitrogens is 1. The van der Waals surface area contributed by atoms with E-state index in [4.69, 9.17) is 9.15 Å². The zero-order chi connectivity index (χ0) is 20.8. The van der Waals surface area contributed by atoms with Crippen molar-refractivity contribution in [2.75, 3.05) is 12.0 Å². The van der Waals surface area contributed by atoms with Gasteiger partial charge in [0.15, 0.2) is 5.43 Å². The van der Waals surface area contributed by atoms with Gasteiger partial charge in [0, 0.05) is 6.20 Å². The molecule has 148 valence electrons. The SMILES string of the molecule is COc1cccc([C@H]2c3c(oc4ccccc4c3=O)C(=O)N2c2ncccc2C)c1. The third-order valence-corrected chi connectivity index (χ3v) is 5.40. The van der Waals surface area contributed by atoms with Gasteiger partial charge in [-0.3, -0.25) is 14.5 Å². The van der Waals surface area contributed by atoms with Crippen LogP contribution in [0.1, 0.15) is 33.3 Å². The molecule has 0 unspecified atom stereocenters. The summed E-state index contributed by atoms with van der Waals surface area (Å²) in [5.41, 5.74) is 2.05. The lowest BCUT2D eigenvalue weighted by Crippen LogP contribution is -2.30. The van der Waals surface area contributed by atoms with E-state index in [1.165, 1.54) is 0 Å². The van der Waals surface area contributed by atoms with Crippen LogP contribution in [-0.2, 0) is 0 Å². The number of para-hydroxylation sites is 1. The smallest absolute Gasteiger partial charge is 0.296 e. The van der Waals surface area contributed by atoms with Gasteiger partial charge in [-0.05, 0) is 48.4 Å². The summed E-state index contributed by atoms with van der Waals surface area (Å²) in [5, 5.41) is 0.441. The lowest BCUT2D eigenvalue weighted by Gasteiger charge is -2.25. The standard InChI is InChI=1S/C24H18N2O4/c1-14-7-6-12-25-23(14)26-20(15-8-5-9-16(13-15)29-2)19-21(27)17-10-3-4-11-18(17)30-22(19)24(26)28/h3-13,20H,1-2H3/t20-/m0/s1. The van der Waals surface area contributed by atoms with Gasteiger partial charge in [0.25, 0.3) is 5.91 Å². The lowest BCUT2D eigenvalue weighted by molar-refractivity contribution is 0.0970. The number of hydrogen-bond donors (Lipinski definition) is 0. The number of nitrogens with zero attached hydrogens (tertiary/aromatic N) is 2. The van der Waals surface area contributed by atoms with E-state index in [-0.39, 0.29) is 17.1 Å². The second-order valence-corrected chi connectivity index (χ2v) is 7.17. The number of fused-ring (bicyclic) bond motifs is 2. The van der Waals surface area contributed by atoms with Crippen molar-refractivity contribution < 1.29 is 13.9 Å². The van der Waals surface area contributed by atoms with Crippen molar-refractivity contribution >= 4 is 22.7 Å². The molecular formula is C24H18N2O4. The normalized spacial score (nSPS) is 15.5. The Morgan fingerprint density at radius 3 is 2.67 bits per heavy atom. The van der Waals surface area contributed by atoms with Gasteiger partial charge in [0.1, 0.15) is 17.2 Å². The summed E-state index contributed by atoms with van der Waals surface area (Å²) in [6, 6.07) is 17.3. The van der Waals surface area contributed by atoms with Crippen LogP contribution in [0.15, 0.2) is 76.1 Å². The van der Waals surface area contributed by atoms with Crippen molar-refractivity contribution in [2.45, 2.75) is 13.0 Å². The maximum atomic E-state index is 13.5. The van der Waals surface area contributed by atoms with Crippen LogP contribution in [0.3, 0.4) is 0 Å². The summed E-state index contributed by atoms with van der Waals surface area (Å²) in [4.78, 5) is 33.0. The molecule has 0 saturated carbocycles. The molecule has 1 amide bonds. The summed E-state index contributed by atoms with van der Waals surface area (Å²) in [6.07, 6.45) is 1.63. The summed E-state index contributed by atoms with van der Waals surface area (Å²) >= 11 is 0. The zero-order valence-electron chi connectivity index (χ0n) is 16.5. The predicted molar refractivity (Wildman–Crippen MR) is 113 cm³/mol. The number of aryl methyl sites for hydroxylation is 1. The first-order chi connectivity index (χ1) is 14.6. The van der Waals surface area contributed by atoms with Crippen molar-refractivity contribution in [3.05, 3.63) is 99.5 Å². The Hall–Kier alpha value is -3.93. The molecule has 6 nitrogen and oxygen atoms in total. The van der Waals surface area contributed by atoms with Gasteiger partial charge >= 0.3 is 0 Å². The molecule has 0 radical (unpaired) electrons. The highest BCUT2D eigenvalue weighted by atomic mass is 16.5. The van der Waals surface area contributed by atoms with E-state index in [1.807, 2.05) is 43.3 Å². The molecule has 30 heavy (non-hydrogen) atoms. The number of anilines is 1. The Kier molecular flexibility index (Phi) is 4.13. The third kappa shape index (κ3) is 2.61. The Balaban J connectivity index is 1.84. The van der Waals surface area contributed by atoms with Crippen LogP contribution >= 0.6 is 0 Å². The van der Waals surface area contributed by atoms with Gasteiger partial charge in [-0.25, -0.2) is 4.98 Å². The van der Waals surface area contributed by atoms with Crippen molar-refractivity contribution in [1.29, 1.82) is 0 Å². The minimum atomic E-state index is -0.669. The molecular weight excluding hydrogens is 380 g/mol. The van der Waals surface area contributed by atoms with Crippen molar-refractivity contribution in [3.8, 4) is 5.75 Å². The van der Waals surface area contributed by atoms with E-state index in [0.29, 0.717) is 28.1 Å². The number of rotatable bonds is 3. The van der Waals surface area contributed by atoms with E-state index in [1.54, 1.807) is 42.5 Å².